The Bertz CT molecular complexity index is 273. The first-order valence-electron chi connectivity index (χ1n) is 6.12. The Kier molecular flexibility index (Phi) is 7.94. The second kappa shape index (κ2) is 8.32. The number of carbonyl (C=O) groups excluding carboxylic acids is 1. The molecule has 5 heteroatoms. The third-order valence-corrected chi connectivity index (χ3v) is 3.22. The van der Waals surface area contributed by atoms with Crippen molar-refractivity contribution >= 4 is 18.3 Å². The average Bonchev–Trinajstić information content (AvgIpc) is 2.78. The SMILES string of the molecule is Cl.[C-]#[N+][C@@H]1CCCN1C(=O)CNC(CC)CC. The number of likely N-dealkylation sites (tertiary alicyclic amines) is 1. The summed E-state index contributed by atoms with van der Waals surface area (Å²) >= 11 is 0. The molecule has 0 aromatic rings. The van der Waals surface area contributed by atoms with Gasteiger partial charge in [0, 0.05) is 19.0 Å². The molecule has 1 saturated heterocycles. The average molecular weight is 260 g/mol. The summed E-state index contributed by atoms with van der Waals surface area (Å²) in [6.45, 7) is 12.4. The molecule has 0 saturated carbocycles. The van der Waals surface area contributed by atoms with Gasteiger partial charge in [0.1, 0.15) is 0 Å². The van der Waals surface area contributed by atoms with E-state index < -0.39 is 0 Å². The van der Waals surface area contributed by atoms with Crippen LogP contribution in [0.3, 0.4) is 0 Å². The summed E-state index contributed by atoms with van der Waals surface area (Å²) in [5.74, 6) is 0.0744. The number of hydrogen-bond acceptors (Lipinski definition) is 2. The van der Waals surface area contributed by atoms with Crippen molar-refractivity contribution in [1.82, 2.24) is 10.2 Å². The molecule has 0 bridgehead atoms. The van der Waals surface area contributed by atoms with Gasteiger partial charge >= 0.3 is 6.17 Å². The number of amides is 1. The lowest BCUT2D eigenvalue weighted by molar-refractivity contribution is -0.130. The van der Waals surface area contributed by atoms with E-state index >= 15 is 0 Å². The first-order valence-corrected chi connectivity index (χ1v) is 6.12. The first kappa shape index (κ1) is 16.2. The molecular weight excluding hydrogens is 238 g/mol. The molecular formula is C12H22ClN3O. The topological polar surface area (TPSA) is 36.7 Å². The van der Waals surface area contributed by atoms with Crippen LogP contribution in [0.25, 0.3) is 4.85 Å². The number of nitrogens with zero attached hydrogens (tertiary/aromatic N) is 2. The minimum atomic E-state index is -0.212. The smallest absolute Gasteiger partial charge is 0.300 e. The van der Waals surface area contributed by atoms with Crippen molar-refractivity contribution in [3.05, 3.63) is 11.4 Å². The fraction of sp³-hybridized carbons (Fsp3) is 0.833. The summed E-state index contributed by atoms with van der Waals surface area (Å²) in [4.78, 5) is 17.1. The molecule has 1 aliphatic rings. The highest BCUT2D eigenvalue weighted by molar-refractivity contribution is 5.85. The first-order chi connectivity index (χ1) is 7.72. The molecule has 0 unspecified atom stereocenters. The van der Waals surface area contributed by atoms with Crippen LogP contribution in [0.4, 0.5) is 0 Å². The summed E-state index contributed by atoms with van der Waals surface area (Å²) in [5.41, 5.74) is 0. The summed E-state index contributed by atoms with van der Waals surface area (Å²) in [6.07, 6.45) is 3.66. The zero-order valence-corrected chi connectivity index (χ0v) is 11.4. The van der Waals surface area contributed by atoms with E-state index in [0.717, 1.165) is 32.2 Å². The number of carbonyl (C=O) groups is 1. The van der Waals surface area contributed by atoms with Crippen molar-refractivity contribution in [1.29, 1.82) is 0 Å². The van der Waals surface area contributed by atoms with Crippen LogP contribution in [0.15, 0.2) is 0 Å². The van der Waals surface area contributed by atoms with Crippen LogP contribution in [0.2, 0.25) is 0 Å². The molecule has 1 heterocycles. The fourth-order valence-electron chi connectivity index (χ4n) is 2.08. The van der Waals surface area contributed by atoms with Gasteiger partial charge < -0.3 is 5.32 Å². The highest BCUT2D eigenvalue weighted by atomic mass is 35.5. The maximum Gasteiger partial charge on any atom is 0.300 e. The highest BCUT2D eigenvalue weighted by Crippen LogP contribution is 2.17. The molecule has 1 fully saturated rings. The van der Waals surface area contributed by atoms with Crippen LogP contribution in [-0.4, -0.2) is 36.1 Å². The van der Waals surface area contributed by atoms with Gasteiger partial charge in [-0.25, -0.2) is 6.57 Å². The van der Waals surface area contributed by atoms with E-state index in [9.17, 15) is 4.79 Å². The maximum atomic E-state index is 11.9. The quantitative estimate of drug-likeness (QED) is 0.768. The largest absolute Gasteiger partial charge is 0.306 e. The zero-order chi connectivity index (χ0) is 12.0. The molecule has 1 aliphatic heterocycles. The standard InChI is InChI=1S/C12H21N3O.ClH/c1-4-10(5-2)14-9-12(16)15-8-6-7-11(15)13-3;/h10-11,14H,4-9H2,1-2H3;1H/t11-;/m0./s1. The van der Waals surface area contributed by atoms with E-state index in [-0.39, 0.29) is 24.5 Å². The predicted molar refractivity (Wildman–Crippen MR) is 71.0 cm³/mol. The molecule has 0 aromatic carbocycles. The van der Waals surface area contributed by atoms with Crippen molar-refractivity contribution in [3.8, 4) is 0 Å². The summed E-state index contributed by atoms with van der Waals surface area (Å²) in [5, 5.41) is 3.25. The van der Waals surface area contributed by atoms with E-state index in [4.69, 9.17) is 6.57 Å². The van der Waals surface area contributed by atoms with E-state index in [1.807, 2.05) is 0 Å². The van der Waals surface area contributed by atoms with E-state index in [0.29, 0.717) is 12.6 Å². The Balaban J connectivity index is 0.00000256. The molecule has 1 rings (SSSR count). The molecule has 0 spiro atoms. The minimum absolute atomic E-state index is 0. The van der Waals surface area contributed by atoms with Gasteiger partial charge in [0.15, 0.2) is 0 Å². The van der Waals surface area contributed by atoms with Crippen LogP contribution in [0.5, 0.6) is 0 Å². The van der Waals surface area contributed by atoms with Crippen molar-refractivity contribution in [2.24, 2.45) is 0 Å². The number of halogens is 1. The Morgan fingerprint density at radius 2 is 2.18 bits per heavy atom. The molecule has 1 N–H and O–H groups in total. The fourth-order valence-corrected chi connectivity index (χ4v) is 2.08. The van der Waals surface area contributed by atoms with E-state index in [1.54, 1.807) is 4.90 Å². The van der Waals surface area contributed by atoms with Gasteiger partial charge in [-0.3, -0.25) is 14.5 Å². The van der Waals surface area contributed by atoms with Crippen molar-refractivity contribution in [2.45, 2.75) is 51.7 Å². The van der Waals surface area contributed by atoms with Crippen LogP contribution < -0.4 is 5.32 Å². The van der Waals surface area contributed by atoms with Crippen molar-refractivity contribution < 1.29 is 4.79 Å². The second-order valence-corrected chi connectivity index (χ2v) is 4.23. The number of hydrogen-bond donors (Lipinski definition) is 1. The molecule has 1 amide bonds. The van der Waals surface area contributed by atoms with Crippen molar-refractivity contribution in [3.63, 3.8) is 0 Å². The molecule has 98 valence electrons. The summed E-state index contributed by atoms with van der Waals surface area (Å²) < 4.78 is 0. The molecule has 17 heavy (non-hydrogen) atoms. The molecule has 0 aliphatic carbocycles. The second-order valence-electron chi connectivity index (χ2n) is 4.23. The Labute approximate surface area is 110 Å². The van der Waals surface area contributed by atoms with Crippen LogP contribution in [0, 0.1) is 6.57 Å². The lowest BCUT2D eigenvalue weighted by atomic mass is 10.2. The number of nitrogens with one attached hydrogen (secondary N) is 1. The van der Waals surface area contributed by atoms with Crippen molar-refractivity contribution in [2.75, 3.05) is 13.1 Å². The molecule has 4 nitrogen and oxygen atoms in total. The van der Waals surface area contributed by atoms with Crippen LogP contribution in [0.1, 0.15) is 39.5 Å². The Hall–Kier alpha value is -0.790. The molecule has 0 aromatic heterocycles. The lowest BCUT2D eigenvalue weighted by Gasteiger charge is -2.19. The van der Waals surface area contributed by atoms with Gasteiger partial charge in [-0.15, -0.1) is 12.4 Å². The van der Waals surface area contributed by atoms with Crippen LogP contribution in [-0.2, 0) is 4.79 Å². The van der Waals surface area contributed by atoms with Gasteiger partial charge in [0.05, 0.1) is 6.54 Å². The highest BCUT2D eigenvalue weighted by Gasteiger charge is 2.32. The Morgan fingerprint density at radius 3 is 2.71 bits per heavy atom. The monoisotopic (exact) mass is 259 g/mol. The number of rotatable bonds is 5. The minimum Gasteiger partial charge on any atom is -0.306 e. The van der Waals surface area contributed by atoms with Gasteiger partial charge in [-0.05, 0) is 19.3 Å². The third-order valence-electron chi connectivity index (χ3n) is 3.22. The van der Waals surface area contributed by atoms with E-state index in [1.165, 1.54) is 0 Å². The zero-order valence-electron chi connectivity index (χ0n) is 10.6. The summed E-state index contributed by atoms with van der Waals surface area (Å²) in [7, 11) is 0. The third kappa shape index (κ3) is 4.53. The van der Waals surface area contributed by atoms with Crippen LogP contribution >= 0.6 is 12.4 Å². The van der Waals surface area contributed by atoms with E-state index in [2.05, 4.69) is 24.0 Å². The van der Waals surface area contributed by atoms with Gasteiger partial charge in [-0.2, -0.15) is 0 Å². The summed E-state index contributed by atoms with van der Waals surface area (Å²) in [6, 6.07) is 0.415. The lowest BCUT2D eigenvalue weighted by Crippen LogP contribution is -2.42. The molecule has 0 radical (unpaired) electrons. The van der Waals surface area contributed by atoms with Gasteiger partial charge in [0.25, 0.3) is 0 Å². The predicted octanol–water partition coefficient (Wildman–Crippen LogP) is 2.05. The molecule has 1 atom stereocenters. The van der Waals surface area contributed by atoms with Gasteiger partial charge in [-0.1, -0.05) is 13.8 Å². The van der Waals surface area contributed by atoms with Gasteiger partial charge in [0.2, 0.25) is 5.91 Å². The maximum absolute atomic E-state index is 11.9. The Morgan fingerprint density at radius 1 is 1.53 bits per heavy atom. The normalized spacial score (nSPS) is 18.9.